The fourth-order valence-corrected chi connectivity index (χ4v) is 3.94. The standard InChI is InChI=1S/C26H27N5O3/c1-14-8-18(10-19(27)9-14)15(2)29-25-21-11-20(17-6-7-22(28-13-17)26(32)34-5)24(33-4)12-23(21)30-16(3)31-25/h6-13,15H,27H2,1-5H3,(H,29,30,31)/t15-/m1/s1. The fourth-order valence-electron chi connectivity index (χ4n) is 3.94. The lowest BCUT2D eigenvalue weighted by Gasteiger charge is -2.19. The number of nitrogens with two attached hydrogens (primary N) is 1. The van der Waals surface area contributed by atoms with E-state index in [9.17, 15) is 4.79 Å². The smallest absolute Gasteiger partial charge is 0.356 e. The van der Waals surface area contributed by atoms with E-state index >= 15 is 0 Å². The minimum absolute atomic E-state index is 0.0359. The number of ether oxygens (including phenoxy) is 2. The molecule has 0 radical (unpaired) electrons. The van der Waals surface area contributed by atoms with Crippen molar-refractivity contribution in [2.24, 2.45) is 0 Å². The second kappa shape index (κ2) is 9.35. The molecule has 0 saturated carbocycles. The molecule has 0 fully saturated rings. The predicted octanol–water partition coefficient (Wildman–Crippen LogP) is 4.86. The number of pyridine rings is 1. The number of nitrogen functional groups attached to an aromatic ring is 1. The fraction of sp³-hybridized carbons (Fsp3) is 0.231. The van der Waals surface area contributed by atoms with Gasteiger partial charge in [0, 0.05) is 34.5 Å². The van der Waals surface area contributed by atoms with E-state index in [0.29, 0.717) is 17.4 Å². The van der Waals surface area contributed by atoms with Gasteiger partial charge >= 0.3 is 5.97 Å². The zero-order valence-corrected chi connectivity index (χ0v) is 19.8. The molecule has 174 valence electrons. The molecule has 2 aromatic heterocycles. The number of carbonyl (C=O) groups excluding carboxylic acids is 1. The van der Waals surface area contributed by atoms with Gasteiger partial charge in [0.25, 0.3) is 0 Å². The van der Waals surface area contributed by atoms with Crippen LogP contribution in [0, 0.1) is 13.8 Å². The molecule has 0 saturated heterocycles. The van der Waals surface area contributed by atoms with Gasteiger partial charge in [-0.1, -0.05) is 12.1 Å². The first-order chi connectivity index (χ1) is 16.3. The van der Waals surface area contributed by atoms with Gasteiger partial charge in [0.1, 0.15) is 23.1 Å². The van der Waals surface area contributed by atoms with Gasteiger partial charge in [0.2, 0.25) is 0 Å². The molecule has 8 heteroatoms. The highest BCUT2D eigenvalue weighted by Crippen LogP contribution is 2.36. The molecule has 0 aliphatic heterocycles. The number of benzene rings is 2. The maximum Gasteiger partial charge on any atom is 0.356 e. The minimum atomic E-state index is -0.488. The Morgan fingerprint density at radius 3 is 2.50 bits per heavy atom. The molecule has 4 rings (SSSR count). The van der Waals surface area contributed by atoms with Crippen molar-refractivity contribution in [2.45, 2.75) is 26.8 Å². The van der Waals surface area contributed by atoms with Gasteiger partial charge in [0.05, 0.1) is 25.8 Å². The van der Waals surface area contributed by atoms with Crippen molar-refractivity contribution < 1.29 is 14.3 Å². The summed E-state index contributed by atoms with van der Waals surface area (Å²) in [6.45, 7) is 5.95. The van der Waals surface area contributed by atoms with E-state index in [1.807, 2.05) is 44.2 Å². The molecule has 0 unspecified atom stereocenters. The third-order valence-corrected chi connectivity index (χ3v) is 5.57. The lowest BCUT2D eigenvalue weighted by Crippen LogP contribution is -2.10. The number of nitrogens with zero attached hydrogens (tertiary/aromatic N) is 3. The second-order valence-electron chi connectivity index (χ2n) is 8.16. The number of fused-ring (bicyclic) bond motifs is 1. The van der Waals surface area contributed by atoms with Crippen LogP contribution in [0.3, 0.4) is 0 Å². The number of esters is 1. The Bertz CT molecular complexity index is 1350. The molecular formula is C26H27N5O3. The first-order valence-corrected chi connectivity index (χ1v) is 10.8. The third kappa shape index (κ3) is 4.61. The number of methoxy groups -OCH3 is 2. The number of aryl methyl sites for hydroxylation is 2. The largest absolute Gasteiger partial charge is 0.496 e. The van der Waals surface area contributed by atoms with Gasteiger partial charge in [0.15, 0.2) is 0 Å². The van der Waals surface area contributed by atoms with Crippen molar-refractivity contribution in [3.05, 3.63) is 71.3 Å². The maximum atomic E-state index is 11.8. The zero-order chi connectivity index (χ0) is 24.4. The highest BCUT2D eigenvalue weighted by atomic mass is 16.5. The lowest BCUT2D eigenvalue weighted by molar-refractivity contribution is 0.0594. The Kier molecular flexibility index (Phi) is 6.32. The van der Waals surface area contributed by atoms with Crippen LogP contribution in [0.2, 0.25) is 0 Å². The topological polar surface area (TPSA) is 112 Å². The highest BCUT2D eigenvalue weighted by Gasteiger charge is 2.16. The van der Waals surface area contributed by atoms with Crippen LogP contribution in [0.1, 0.15) is 40.4 Å². The minimum Gasteiger partial charge on any atom is -0.496 e. The summed E-state index contributed by atoms with van der Waals surface area (Å²) in [5.74, 6) is 1.50. The lowest BCUT2D eigenvalue weighted by atomic mass is 10.0. The van der Waals surface area contributed by atoms with E-state index < -0.39 is 5.97 Å². The molecular weight excluding hydrogens is 430 g/mol. The molecule has 0 bridgehead atoms. The molecule has 1 atom stereocenters. The molecule has 4 aromatic rings. The van der Waals surface area contributed by atoms with E-state index in [-0.39, 0.29) is 11.7 Å². The Labute approximate surface area is 198 Å². The van der Waals surface area contributed by atoms with Crippen molar-refractivity contribution in [3.63, 3.8) is 0 Å². The summed E-state index contributed by atoms with van der Waals surface area (Å²) in [4.78, 5) is 25.3. The SMILES string of the molecule is COC(=O)c1ccc(-c2cc3c(N[C@H](C)c4cc(C)cc(N)c4)nc(C)nc3cc2OC)cn1. The molecule has 3 N–H and O–H groups in total. The van der Waals surface area contributed by atoms with E-state index in [1.54, 1.807) is 19.4 Å². The zero-order valence-electron chi connectivity index (χ0n) is 19.8. The molecule has 2 aromatic carbocycles. The maximum absolute atomic E-state index is 11.8. The van der Waals surface area contributed by atoms with E-state index in [0.717, 1.165) is 38.8 Å². The molecule has 0 amide bonds. The average molecular weight is 458 g/mol. The van der Waals surface area contributed by atoms with Crippen LogP contribution in [0.25, 0.3) is 22.0 Å². The van der Waals surface area contributed by atoms with Gasteiger partial charge in [-0.25, -0.2) is 19.7 Å². The Balaban J connectivity index is 1.79. The monoisotopic (exact) mass is 457 g/mol. The summed E-state index contributed by atoms with van der Waals surface area (Å²) in [5.41, 5.74) is 11.5. The normalized spacial score (nSPS) is 11.8. The molecule has 34 heavy (non-hydrogen) atoms. The van der Waals surface area contributed by atoms with Crippen molar-refractivity contribution >= 4 is 28.4 Å². The predicted molar refractivity (Wildman–Crippen MR) is 133 cm³/mol. The molecule has 0 spiro atoms. The molecule has 8 nitrogen and oxygen atoms in total. The summed E-state index contributed by atoms with van der Waals surface area (Å²) >= 11 is 0. The van der Waals surface area contributed by atoms with Crippen LogP contribution >= 0.6 is 0 Å². The number of aromatic nitrogens is 3. The number of rotatable bonds is 6. The second-order valence-corrected chi connectivity index (χ2v) is 8.16. The van der Waals surface area contributed by atoms with Gasteiger partial charge < -0.3 is 20.5 Å². The van der Waals surface area contributed by atoms with Crippen molar-refractivity contribution in [1.82, 2.24) is 15.0 Å². The van der Waals surface area contributed by atoms with Gasteiger partial charge in [-0.3, -0.25) is 0 Å². The number of hydrogen-bond acceptors (Lipinski definition) is 8. The van der Waals surface area contributed by atoms with Crippen LogP contribution in [0.5, 0.6) is 5.75 Å². The van der Waals surface area contributed by atoms with Gasteiger partial charge in [-0.05, 0) is 56.2 Å². The average Bonchev–Trinajstić information content (AvgIpc) is 2.82. The van der Waals surface area contributed by atoms with Crippen molar-refractivity contribution in [1.29, 1.82) is 0 Å². The van der Waals surface area contributed by atoms with Crippen molar-refractivity contribution in [2.75, 3.05) is 25.3 Å². The third-order valence-electron chi connectivity index (χ3n) is 5.57. The first-order valence-electron chi connectivity index (χ1n) is 10.8. The highest BCUT2D eigenvalue weighted by molar-refractivity contribution is 5.95. The summed E-state index contributed by atoms with van der Waals surface area (Å²) in [6.07, 6.45) is 1.62. The van der Waals surface area contributed by atoms with Gasteiger partial charge in [-0.15, -0.1) is 0 Å². The quantitative estimate of drug-likeness (QED) is 0.312. The van der Waals surface area contributed by atoms with Crippen LogP contribution in [-0.2, 0) is 4.74 Å². The number of anilines is 2. The van der Waals surface area contributed by atoms with Crippen LogP contribution in [0.4, 0.5) is 11.5 Å². The van der Waals surface area contributed by atoms with E-state index in [2.05, 4.69) is 33.3 Å². The van der Waals surface area contributed by atoms with Crippen LogP contribution in [0.15, 0.2) is 48.7 Å². The van der Waals surface area contributed by atoms with Crippen molar-refractivity contribution in [3.8, 4) is 16.9 Å². The van der Waals surface area contributed by atoms with Crippen LogP contribution < -0.4 is 15.8 Å². The number of hydrogen-bond donors (Lipinski definition) is 2. The van der Waals surface area contributed by atoms with Crippen LogP contribution in [-0.4, -0.2) is 35.1 Å². The van der Waals surface area contributed by atoms with E-state index in [4.69, 9.17) is 15.2 Å². The Hall–Kier alpha value is -4.20. The Morgan fingerprint density at radius 2 is 1.85 bits per heavy atom. The van der Waals surface area contributed by atoms with E-state index in [1.165, 1.54) is 7.11 Å². The summed E-state index contributed by atoms with van der Waals surface area (Å²) < 4.78 is 10.4. The number of carbonyl (C=O) groups is 1. The summed E-state index contributed by atoms with van der Waals surface area (Å²) in [5, 5.41) is 4.36. The van der Waals surface area contributed by atoms with Gasteiger partial charge in [-0.2, -0.15) is 0 Å². The number of nitrogens with one attached hydrogen (secondary N) is 1. The first kappa shape index (κ1) is 23.0. The molecule has 2 heterocycles. The molecule has 0 aliphatic carbocycles. The molecule has 0 aliphatic rings. The summed E-state index contributed by atoms with van der Waals surface area (Å²) in [6, 6.07) is 13.3. The summed E-state index contributed by atoms with van der Waals surface area (Å²) in [7, 11) is 2.94. The Morgan fingerprint density at radius 1 is 1.06 bits per heavy atom.